The third-order valence-corrected chi connectivity index (χ3v) is 4.20. The number of nitrogens with zero attached hydrogens (tertiary/aromatic N) is 3. The van der Waals surface area contributed by atoms with E-state index >= 15 is 0 Å². The van der Waals surface area contributed by atoms with Gasteiger partial charge in [0.1, 0.15) is 11.3 Å². The molecular weight excluding hydrogens is 258 g/mol. The summed E-state index contributed by atoms with van der Waals surface area (Å²) in [6.07, 6.45) is 8.74. The van der Waals surface area contributed by atoms with E-state index in [1.165, 1.54) is 11.1 Å². The van der Waals surface area contributed by atoms with Crippen LogP contribution in [0.15, 0.2) is 12.4 Å². The number of imidazole rings is 1. The monoisotopic (exact) mass is 279 g/mol. The zero-order chi connectivity index (χ0) is 13.8. The molecule has 104 valence electrons. The Labute approximate surface area is 116 Å². The topological polar surface area (TPSA) is 47.8 Å². The molecule has 1 atom stereocenters. The number of aryl methyl sites for hydroxylation is 3. The summed E-state index contributed by atoms with van der Waals surface area (Å²) in [7, 11) is -0.663. The third kappa shape index (κ3) is 3.41. The van der Waals surface area contributed by atoms with E-state index in [-0.39, 0.29) is 0 Å². The molecule has 0 aliphatic carbocycles. The van der Waals surface area contributed by atoms with Gasteiger partial charge in [0.25, 0.3) is 0 Å². The Bertz CT molecular complexity index is 592. The average Bonchev–Trinajstić information content (AvgIpc) is 2.66. The Kier molecular flexibility index (Phi) is 4.69. The zero-order valence-electron chi connectivity index (χ0n) is 11.8. The van der Waals surface area contributed by atoms with Crippen LogP contribution >= 0.6 is 0 Å². The minimum Gasteiger partial charge on any atom is -0.328 e. The van der Waals surface area contributed by atoms with Crippen molar-refractivity contribution in [3.05, 3.63) is 23.8 Å². The van der Waals surface area contributed by atoms with Gasteiger partial charge in [0.15, 0.2) is 0 Å². The maximum atomic E-state index is 11.0. The van der Waals surface area contributed by atoms with Crippen molar-refractivity contribution < 1.29 is 4.21 Å². The van der Waals surface area contributed by atoms with E-state index in [4.69, 9.17) is 0 Å². The molecule has 0 saturated carbocycles. The Balaban J connectivity index is 2.04. The van der Waals surface area contributed by atoms with Gasteiger partial charge in [-0.1, -0.05) is 6.42 Å². The maximum Gasteiger partial charge on any atom is 0.107 e. The number of aromatic nitrogens is 3. The van der Waals surface area contributed by atoms with Gasteiger partial charge in [0, 0.05) is 35.5 Å². The molecule has 1 unspecified atom stereocenters. The zero-order valence-corrected chi connectivity index (χ0v) is 12.7. The van der Waals surface area contributed by atoms with Crippen LogP contribution in [0, 0.1) is 13.8 Å². The van der Waals surface area contributed by atoms with Crippen molar-refractivity contribution in [1.82, 2.24) is 14.5 Å². The number of pyridine rings is 1. The third-order valence-electron chi connectivity index (χ3n) is 3.34. The number of hydrogen-bond acceptors (Lipinski definition) is 3. The highest BCUT2D eigenvalue weighted by molar-refractivity contribution is 7.84. The first kappa shape index (κ1) is 14.2. The first-order valence-electron chi connectivity index (χ1n) is 6.67. The van der Waals surface area contributed by atoms with Crippen LogP contribution in [0.1, 0.15) is 30.7 Å². The standard InChI is InChI=1S/C14H21N3OS/c1-11-9-15-10-13-14(11)17(12(2)16-13)7-5-4-6-8-19(3)18/h9-10H,4-8H2,1-3H3. The quantitative estimate of drug-likeness (QED) is 0.764. The molecular formula is C14H21N3OS. The van der Waals surface area contributed by atoms with Crippen molar-refractivity contribution >= 4 is 21.8 Å². The molecule has 0 spiro atoms. The SMILES string of the molecule is Cc1cncc2nc(C)n(CCCCCS(C)=O)c12. The summed E-state index contributed by atoms with van der Waals surface area (Å²) in [4.78, 5) is 8.74. The molecule has 0 N–H and O–H groups in total. The number of hydrogen-bond donors (Lipinski definition) is 0. The number of fused-ring (bicyclic) bond motifs is 1. The second kappa shape index (κ2) is 6.28. The average molecular weight is 279 g/mol. The molecule has 0 aliphatic rings. The lowest BCUT2D eigenvalue weighted by atomic mass is 10.2. The first-order valence-corrected chi connectivity index (χ1v) is 8.40. The molecule has 0 saturated heterocycles. The molecule has 19 heavy (non-hydrogen) atoms. The second-order valence-corrected chi connectivity index (χ2v) is 6.53. The summed E-state index contributed by atoms with van der Waals surface area (Å²) in [5.74, 6) is 1.86. The fourth-order valence-electron chi connectivity index (χ4n) is 2.40. The van der Waals surface area contributed by atoms with Crippen LogP contribution < -0.4 is 0 Å². The van der Waals surface area contributed by atoms with Crippen molar-refractivity contribution in [2.75, 3.05) is 12.0 Å². The van der Waals surface area contributed by atoms with E-state index < -0.39 is 10.8 Å². The molecule has 2 aromatic heterocycles. The van der Waals surface area contributed by atoms with Crippen LogP contribution in [0.4, 0.5) is 0 Å². The summed E-state index contributed by atoms with van der Waals surface area (Å²) >= 11 is 0. The van der Waals surface area contributed by atoms with E-state index in [2.05, 4.69) is 21.5 Å². The van der Waals surface area contributed by atoms with Gasteiger partial charge in [-0.05, 0) is 32.3 Å². The van der Waals surface area contributed by atoms with Crippen molar-refractivity contribution in [3.8, 4) is 0 Å². The fourth-order valence-corrected chi connectivity index (χ4v) is 3.01. The van der Waals surface area contributed by atoms with Gasteiger partial charge in [-0.25, -0.2) is 4.98 Å². The minimum absolute atomic E-state index is 0.663. The van der Waals surface area contributed by atoms with Crippen molar-refractivity contribution in [3.63, 3.8) is 0 Å². The molecule has 4 nitrogen and oxygen atoms in total. The Morgan fingerprint density at radius 1 is 1.21 bits per heavy atom. The Morgan fingerprint density at radius 3 is 2.74 bits per heavy atom. The molecule has 2 aromatic rings. The minimum atomic E-state index is -0.663. The summed E-state index contributed by atoms with van der Waals surface area (Å²) in [5, 5.41) is 0. The molecule has 0 amide bonds. The predicted octanol–water partition coefficient (Wildman–Crippen LogP) is 2.60. The van der Waals surface area contributed by atoms with E-state index in [9.17, 15) is 4.21 Å². The van der Waals surface area contributed by atoms with Crippen LogP contribution in [0.25, 0.3) is 11.0 Å². The van der Waals surface area contributed by atoms with Gasteiger partial charge in [-0.2, -0.15) is 0 Å². The highest BCUT2D eigenvalue weighted by Gasteiger charge is 2.09. The normalized spacial score (nSPS) is 13.0. The highest BCUT2D eigenvalue weighted by atomic mass is 32.2. The van der Waals surface area contributed by atoms with Gasteiger partial charge in [-0.3, -0.25) is 9.19 Å². The summed E-state index contributed by atoms with van der Waals surface area (Å²) in [6.45, 7) is 5.09. The smallest absolute Gasteiger partial charge is 0.107 e. The van der Waals surface area contributed by atoms with Crippen molar-refractivity contribution in [2.24, 2.45) is 0 Å². The summed E-state index contributed by atoms with van der Waals surface area (Å²) < 4.78 is 13.3. The van der Waals surface area contributed by atoms with Gasteiger partial charge in [-0.15, -0.1) is 0 Å². The van der Waals surface area contributed by atoms with E-state index in [0.717, 1.165) is 42.9 Å². The Hall–Kier alpha value is -1.23. The van der Waals surface area contributed by atoms with Crippen molar-refractivity contribution in [2.45, 2.75) is 39.7 Å². The van der Waals surface area contributed by atoms with E-state index in [0.29, 0.717) is 0 Å². The lowest BCUT2D eigenvalue weighted by Crippen LogP contribution is -2.02. The van der Waals surface area contributed by atoms with Gasteiger partial charge < -0.3 is 4.57 Å². The first-order chi connectivity index (χ1) is 9.09. The molecule has 2 rings (SSSR count). The largest absolute Gasteiger partial charge is 0.328 e. The van der Waals surface area contributed by atoms with Crippen LogP contribution in [0.3, 0.4) is 0 Å². The molecule has 5 heteroatoms. The van der Waals surface area contributed by atoms with Gasteiger partial charge >= 0.3 is 0 Å². The van der Waals surface area contributed by atoms with Crippen LogP contribution in [0.2, 0.25) is 0 Å². The number of rotatable bonds is 6. The van der Waals surface area contributed by atoms with Crippen molar-refractivity contribution in [1.29, 1.82) is 0 Å². The molecule has 0 aliphatic heterocycles. The van der Waals surface area contributed by atoms with Crippen LogP contribution in [-0.2, 0) is 17.3 Å². The second-order valence-electron chi connectivity index (χ2n) is 4.97. The van der Waals surface area contributed by atoms with Crippen LogP contribution in [0.5, 0.6) is 0 Å². The highest BCUT2D eigenvalue weighted by Crippen LogP contribution is 2.19. The lowest BCUT2D eigenvalue weighted by molar-refractivity contribution is 0.600. The Morgan fingerprint density at radius 2 is 2.00 bits per heavy atom. The van der Waals surface area contributed by atoms with E-state index in [1.54, 1.807) is 6.26 Å². The molecule has 0 radical (unpaired) electrons. The maximum absolute atomic E-state index is 11.0. The van der Waals surface area contributed by atoms with E-state index in [1.807, 2.05) is 19.3 Å². The predicted molar refractivity (Wildman–Crippen MR) is 79.8 cm³/mol. The fraction of sp³-hybridized carbons (Fsp3) is 0.571. The van der Waals surface area contributed by atoms with Gasteiger partial charge in [0.2, 0.25) is 0 Å². The van der Waals surface area contributed by atoms with Gasteiger partial charge in [0.05, 0.1) is 11.7 Å². The number of unbranched alkanes of at least 4 members (excludes halogenated alkanes) is 2. The lowest BCUT2D eigenvalue weighted by Gasteiger charge is -2.08. The molecule has 0 aromatic carbocycles. The van der Waals surface area contributed by atoms with Crippen LogP contribution in [-0.4, -0.2) is 30.8 Å². The summed E-state index contributed by atoms with van der Waals surface area (Å²) in [5.41, 5.74) is 3.35. The molecule has 2 heterocycles. The molecule has 0 bridgehead atoms. The molecule has 0 fully saturated rings. The summed E-state index contributed by atoms with van der Waals surface area (Å²) in [6, 6.07) is 0.